The third-order valence-electron chi connectivity index (χ3n) is 5.19. The monoisotopic (exact) mass is 334 g/mol. The van der Waals surface area contributed by atoms with Gasteiger partial charge in [-0.3, -0.25) is 0 Å². The molecule has 5 rings (SSSR count). The lowest BCUT2D eigenvalue weighted by Gasteiger charge is -2.36. The molecule has 0 unspecified atom stereocenters. The summed E-state index contributed by atoms with van der Waals surface area (Å²) in [7, 11) is 0. The number of piperazine rings is 1. The second kappa shape index (κ2) is 5.72. The summed E-state index contributed by atoms with van der Waals surface area (Å²) < 4.78 is 1.94. The molecule has 1 aliphatic carbocycles. The molecule has 0 bridgehead atoms. The molecule has 25 heavy (non-hydrogen) atoms. The Kier molecular flexibility index (Phi) is 3.36. The largest absolute Gasteiger partial charge is 0.368 e. The molecule has 2 aromatic heterocycles. The van der Waals surface area contributed by atoms with E-state index in [-0.39, 0.29) is 0 Å². The van der Waals surface area contributed by atoms with Gasteiger partial charge in [-0.2, -0.15) is 4.52 Å². The van der Waals surface area contributed by atoms with Crippen LogP contribution >= 0.6 is 0 Å². The molecular formula is C19H22N6. The summed E-state index contributed by atoms with van der Waals surface area (Å²) in [6, 6.07) is 12.9. The molecule has 6 nitrogen and oxygen atoms in total. The highest BCUT2D eigenvalue weighted by Crippen LogP contribution is 2.38. The van der Waals surface area contributed by atoms with Crippen molar-refractivity contribution in [2.75, 3.05) is 36.0 Å². The maximum atomic E-state index is 4.83. The van der Waals surface area contributed by atoms with Gasteiger partial charge in [0.05, 0.1) is 0 Å². The van der Waals surface area contributed by atoms with Crippen LogP contribution in [0.5, 0.6) is 0 Å². The zero-order chi connectivity index (χ0) is 16.8. The first-order valence-corrected chi connectivity index (χ1v) is 9.07. The fourth-order valence-electron chi connectivity index (χ4n) is 3.58. The van der Waals surface area contributed by atoms with Gasteiger partial charge >= 0.3 is 0 Å². The van der Waals surface area contributed by atoms with Crippen LogP contribution in [-0.4, -0.2) is 46.0 Å². The minimum atomic E-state index is 0.552. The molecule has 1 aliphatic heterocycles. The molecule has 1 aromatic carbocycles. The lowest BCUT2D eigenvalue weighted by Crippen LogP contribution is -2.47. The van der Waals surface area contributed by atoms with Gasteiger partial charge in [0, 0.05) is 37.8 Å². The third-order valence-corrected chi connectivity index (χ3v) is 5.19. The molecule has 0 atom stereocenters. The predicted molar refractivity (Wildman–Crippen MR) is 98.4 cm³/mol. The van der Waals surface area contributed by atoms with E-state index in [0.717, 1.165) is 43.5 Å². The molecule has 3 heterocycles. The Morgan fingerprint density at radius 1 is 0.920 bits per heavy atom. The Hall–Kier alpha value is -2.63. The Morgan fingerprint density at radius 2 is 1.72 bits per heavy atom. The van der Waals surface area contributed by atoms with Gasteiger partial charge in [0.15, 0.2) is 11.5 Å². The quantitative estimate of drug-likeness (QED) is 0.737. The van der Waals surface area contributed by atoms with Crippen LogP contribution < -0.4 is 9.80 Å². The maximum absolute atomic E-state index is 4.83. The van der Waals surface area contributed by atoms with Crippen molar-refractivity contribution in [3.05, 3.63) is 47.8 Å². The van der Waals surface area contributed by atoms with Crippen molar-refractivity contribution in [2.24, 2.45) is 0 Å². The van der Waals surface area contributed by atoms with E-state index in [0.29, 0.717) is 5.92 Å². The van der Waals surface area contributed by atoms with Crippen molar-refractivity contribution in [3.8, 4) is 0 Å². The minimum absolute atomic E-state index is 0.552. The topological polar surface area (TPSA) is 49.6 Å². The lowest BCUT2D eigenvalue weighted by atomic mass is 10.2. The van der Waals surface area contributed by atoms with Gasteiger partial charge in [0.1, 0.15) is 5.82 Å². The molecule has 2 aliphatic rings. The SMILES string of the molecule is Cc1cccc(N2CCN(c3ccc4nnc(C5CC5)n4n3)CC2)c1. The third kappa shape index (κ3) is 2.71. The van der Waals surface area contributed by atoms with E-state index < -0.39 is 0 Å². The van der Waals surface area contributed by atoms with E-state index in [9.17, 15) is 0 Å². The smallest absolute Gasteiger partial charge is 0.178 e. The van der Waals surface area contributed by atoms with E-state index in [1.54, 1.807) is 0 Å². The summed E-state index contributed by atoms with van der Waals surface area (Å²) in [6.45, 7) is 6.14. The Balaban J connectivity index is 1.35. The lowest BCUT2D eigenvalue weighted by molar-refractivity contribution is 0.639. The first-order valence-electron chi connectivity index (χ1n) is 9.07. The van der Waals surface area contributed by atoms with Gasteiger partial charge < -0.3 is 9.80 Å². The van der Waals surface area contributed by atoms with Crippen LogP contribution in [0.3, 0.4) is 0 Å². The number of benzene rings is 1. The highest BCUT2D eigenvalue weighted by atomic mass is 15.4. The molecule has 3 aromatic rings. The molecule has 128 valence electrons. The average Bonchev–Trinajstić information content (AvgIpc) is 3.41. The number of aryl methyl sites for hydroxylation is 1. The molecule has 0 spiro atoms. The van der Waals surface area contributed by atoms with Crippen LogP contribution in [0, 0.1) is 6.92 Å². The number of fused-ring (bicyclic) bond motifs is 1. The standard InChI is InChI=1S/C19H22N6/c1-14-3-2-4-16(13-14)23-9-11-24(12-10-23)18-8-7-17-20-21-19(15-5-6-15)25(17)22-18/h2-4,7-8,13,15H,5-6,9-12H2,1H3. The highest BCUT2D eigenvalue weighted by molar-refractivity contribution is 5.52. The number of rotatable bonds is 3. The summed E-state index contributed by atoms with van der Waals surface area (Å²) in [6.07, 6.45) is 2.42. The van der Waals surface area contributed by atoms with Crippen LogP contribution in [0.2, 0.25) is 0 Å². The van der Waals surface area contributed by atoms with Crippen molar-refractivity contribution in [3.63, 3.8) is 0 Å². The second-order valence-electron chi connectivity index (χ2n) is 7.11. The van der Waals surface area contributed by atoms with E-state index in [4.69, 9.17) is 5.10 Å². The fraction of sp³-hybridized carbons (Fsp3) is 0.421. The van der Waals surface area contributed by atoms with Gasteiger partial charge in [-0.25, -0.2) is 0 Å². The number of hydrogen-bond acceptors (Lipinski definition) is 5. The summed E-state index contributed by atoms with van der Waals surface area (Å²) in [5.74, 6) is 2.60. The number of hydrogen-bond donors (Lipinski definition) is 0. The van der Waals surface area contributed by atoms with E-state index in [1.807, 2.05) is 10.6 Å². The Morgan fingerprint density at radius 3 is 2.48 bits per heavy atom. The minimum Gasteiger partial charge on any atom is -0.368 e. The summed E-state index contributed by atoms with van der Waals surface area (Å²) in [5, 5.41) is 13.4. The molecule has 1 saturated carbocycles. The first-order chi connectivity index (χ1) is 12.3. The normalized spacial score (nSPS) is 18.1. The predicted octanol–water partition coefficient (Wildman–Crippen LogP) is 2.64. The van der Waals surface area contributed by atoms with Gasteiger partial charge in [-0.1, -0.05) is 12.1 Å². The van der Waals surface area contributed by atoms with Crippen molar-refractivity contribution < 1.29 is 0 Å². The van der Waals surface area contributed by atoms with Crippen LogP contribution in [0.1, 0.15) is 30.1 Å². The zero-order valence-corrected chi connectivity index (χ0v) is 14.5. The van der Waals surface area contributed by atoms with Gasteiger partial charge in [0.25, 0.3) is 0 Å². The van der Waals surface area contributed by atoms with Crippen LogP contribution in [0.15, 0.2) is 36.4 Å². The van der Waals surface area contributed by atoms with Crippen LogP contribution in [0.4, 0.5) is 11.5 Å². The number of aromatic nitrogens is 4. The van der Waals surface area contributed by atoms with Crippen LogP contribution in [-0.2, 0) is 0 Å². The highest BCUT2D eigenvalue weighted by Gasteiger charge is 2.29. The molecular weight excluding hydrogens is 312 g/mol. The molecule has 1 saturated heterocycles. The van der Waals surface area contributed by atoms with Crippen molar-refractivity contribution >= 4 is 17.2 Å². The summed E-state index contributed by atoms with van der Waals surface area (Å²) in [5.41, 5.74) is 3.48. The van der Waals surface area contributed by atoms with E-state index in [1.165, 1.54) is 24.1 Å². The van der Waals surface area contributed by atoms with Gasteiger partial charge in [-0.15, -0.1) is 15.3 Å². The van der Waals surface area contributed by atoms with E-state index >= 15 is 0 Å². The molecule has 6 heteroatoms. The second-order valence-corrected chi connectivity index (χ2v) is 7.11. The van der Waals surface area contributed by atoms with Gasteiger partial charge in [0.2, 0.25) is 0 Å². The molecule has 0 N–H and O–H groups in total. The molecule has 2 fully saturated rings. The summed E-state index contributed by atoms with van der Waals surface area (Å²) >= 11 is 0. The zero-order valence-electron chi connectivity index (χ0n) is 14.5. The first kappa shape index (κ1) is 14.7. The Labute approximate surface area is 147 Å². The van der Waals surface area contributed by atoms with Crippen molar-refractivity contribution in [2.45, 2.75) is 25.7 Å². The number of anilines is 2. The Bertz CT molecular complexity index is 905. The van der Waals surface area contributed by atoms with Crippen LogP contribution in [0.25, 0.3) is 5.65 Å². The van der Waals surface area contributed by atoms with Crippen molar-refractivity contribution in [1.82, 2.24) is 19.8 Å². The maximum Gasteiger partial charge on any atom is 0.178 e. The molecule has 0 radical (unpaired) electrons. The average molecular weight is 334 g/mol. The van der Waals surface area contributed by atoms with Gasteiger partial charge in [-0.05, 0) is 49.6 Å². The number of nitrogens with zero attached hydrogens (tertiary/aromatic N) is 6. The van der Waals surface area contributed by atoms with E-state index in [2.05, 4.69) is 57.3 Å². The molecule has 0 amide bonds. The summed E-state index contributed by atoms with van der Waals surface area (Å²) in [4.78, 5) is 4.82. The fourth-order valence-corrected chi connectivity index (χ4v) is 3.58. The van der Waals surface area contributed by atoms with Crippen molar-refractivity contribution in [1.29, 1.82) is 0 Å².